The van der Waals surface area contributed by atoms with Crippen LogP contribution in [0, 0.1) is 0 Å². The summed E-state index contributed by atoms with van der Waals surface area (Å²) < 4.78 is 42.7. The number of carbonyl (C=O) groups excluding carboxylic acids is 5. The Kier molecular flexibility index (Phi) is 15.4. The zero-order valence-electron chi connectivity index (χ0n) is 31.3. The molecule has 55 heavy (non-hydrogen) atoms. The topological polar surface area (TPSA) is 211 Å². The predicted molar refractivity (Wildman–Crippen MR) is 203 cm³/mol. The van der Waals surface area contributed by atoms with Crippen molar-refractivity contribution in [2.45, 2.75) is 51.2 Å². The largest absolute Gasteiger partial charge is 0.496 e. The minimum atomic E-state index is -3.71. The molecule has 3 aromatic carbocycles. The summed E-state index contributed by atoms with van der Waals surface area (Å²) >= 11 is 0. The van der Waals surface area contributed by atoms with Crippen LogP contribution in [-0.2, 0) is 42.2 Å². The first-order valence-electron chi connectivity index (χ1n) is 17.7. The molecule has 2 aliphatic heterocycles. The van der Waals surface area contributed by atoms with E-state index < -0.39 is 58.8 Å². The average molecular weight is 781 g/mol. The number of sulfonamides is 1. The third-order valence-electron chi connectivity index (χ3n) is 8.65. The third kappa shape index (κ3) is 13.3. The van der Waals surface area contributed by atoms with Crippen molar-refractivity contribution in [3.05, 3.63) is 83.4 Å². The lowest BCUT2D eigenvalue weighted by atomic mass is 10.0. The Morgan fingerprint density at radius 1 is 0.909 bits per heavy atom. The van der Waals surface area contributed by atoms with Crippen LogP contribution in [0.15, 0.2) is 66.7 Å². The Morgan fingerprint density at radius 3 is 2.36 bits per heavy atom. The van der Waals surface area contributed by atoms with Crippen LogP contribution >= 0.6 is 0 Å². The summed E-state index contributed by atoms with van der Waals surface area (Å²) in [6.07, 6.45) is 2.26. The normalized spacial score (nSPS) is 18.0. The highest BCUT2D eigenvalue weighted by molar-refractivity contribution is 7.88. The minimum absolute atomic E-state index is 0.0493. The van der Waals surface area contributed by atoms with E-state index in [0.29, 0.717) is 47.6 Å². The van der Waals surface area contributed by atoms with E-state index in [9.17, 15) is 32.4 Å². The molecule has 0 radical (unpaired) electrons. The zero-order chi connectivity index (χ0) is 40.0. The van der Waals surface area contributed by atoms with Crippen molar-refractivity contribution < 1.29 is 46.6 Å². The fourth-order valence-corrected chi connectivity index (χ4v) is 6.03. The molecule has 0 spiro atoms. The molecule has 0 aliphatic carbocycles. The summed E-state index contributed by atoms with van der Waals surface area (Å²) in [4.78, 5) is 67.6. The molecule has 17 heteroatoms. The van der Waals surface area contributed by atoms with Gasteiger partial charge in [-0.25, -0.2) is 13.1 Å². The average Bonchev–Trinajstić information content (AvgIpc) is 3.16. The molecule has 16 nitrogen and oxygen atoms in total. The van der Waals surface area contributed by atoms with Gasteiger partial charge < -0.3 is 40.4 Å². The Morgan fingerprint density at radius 2 is 1.65 bits per heavy atom. The fourth-order valence-electron chi connectivity index (χ4n) is 5.64. The molecule has 5 amide bonds. The van der Waals surface area contributed by atoms with Crippen LogP contribution in [-0.4, -0.2) is 102 Å². The Hall–Kier alpha value is -5.68. The summed E-state index contributed by atoms with van der Waals surface area (Å²) in [5, 5.41) is 11.0. The Balaban J connectivity index is 1.60. The van der Waals surface area contributed by atoms with Gasteiger partial charge in [0.2, 0.25) is 33.7 Å². The van der Waals surface area contributed by atoms with Crippen molar-refractivity contribution in [1.82, 2.24) is 30.9 Å². The molecule has 2 aliphatic rings. The maximum absolute atomic E-state index is 13.6. The van der Waals surface area contributed by atoms with Gasteiger partial charge in [0.1, 0.15) is 23.6 Å². The number of hydrogen-bond acceptors (Lipinski definition) is 10. The molecule has 0 aromatic heterocycles. The van der Waals surface area contributed by atoms with Crippen LogP contribution in [0.2, 0.25) is 0 Å². The van der Waals surface area contributed by atoms with Crippen molar-refractivity contribution in [3.63, 3.8) is 0 Å². The molecular formula is C38H48N6O10S. The highest BCUT2D eigenvalue weighted by Gasteiger charge is 2.27. The molecule has 2 heterocycles. The summed E-state index contributed by atoms with van der Waals surface area (Å²) in [6, 6.07) is 17.0. The van der Waals surface area contributed by atoms with E-state index in [-0.39, 0.29) is 37.7 Å². The maximum atomic E-state index is 13.6. The first kappa shape index (κ1) is 42.1. The zero-order valence-corrected chi connectivity index (χ0v) is 32.1. The maximum Gasteiger partial charge on any atom is 0.251 e. The van der Waals surface area contributed by atoms with Crippen LogP contribution < -0.4 is 40.2 Å². The number of carbonyl (C=O) groups is 5. The lowest BCUT2D eigenvalue weighted by molar-refractivity contribution is -0.136. The first-order chi connectivity index (χ1) is 26.3. The monoisotopic (exact) mass is 780 g/mol. The number of amides is 5. The number of benzene rings is 3. The van der Waals surface area contributed by atoms with Gasteiger partial charge >= 0.3 is 0 Å². The molecular weight excluding hydrogens is 733 g/mol. The standard InChI is InChI=1S/C38H48N6O10S/c1-25-36(47)40-22-28-13-15-29(21-32(28)53-3)54-33-20-27(14-17-31(33)52-2)37(48)39-18-8-9-19-44(35(46)23-41-55(4,50)51)24-34(45)43-30(38(49)42-25)16-12-26-10-6-5-7-11-26/h5-7,10-11,13-15,17,20-21,25,30,41H,8-9,12,16,18-19,22-24H2,1-4H3,(H,39,48)(H,40,47)(H,42,49)(H,43,45)/t25-,30-/m0/s1. The molecule has 0 saturated carbocycles. The number of ether oxygens (including phenoxy) is 3. The van der Waals surface area contributed by atoms with Gasteiger partial charge in [-0.3, -0.25) is 24.0 Å². The lowest BCUT2D eigenvalue weighted by Crippen LogP contribution is -2.54. The second-order valence-electron chi connectivity index (χ2n) is 12.9. The SMILES string of the molecule is COc1cc2ccc1CNC(=O)[C@H](C)NC(=O)[C@H](CCc1ccccc1)NC(=O)CN(C(=O)CNS(C)(=O)=O)CCCCNC(=O)c1ccc(OC)c(c1)O2. The number of aryl methyl sites for hydroxylation is 1. The molecule has 5 N–H and O–H groups in total. The number of methoxy groups -OCH3 is 2. The third-order valence-corrected chi connectivity index (χ3v) is 9.32. The van der Waals surface area contributed by atoms with Gasteiger partial charge in [0.25, 0.3) is 5.91 Å². The smallest absolute Gasteiger partial charge is 0.251 e. The summed E-state index contributed by atoms with van der Waals surface area (Å²) in [7, 11) is -0.768. The summed E-state index contributed by atoms with van der Waals surface area (Å²) in [5.41, 5.74) is 1.83. The van der Waals surface area contributed by atoms with Crippen molar-refractivity contribution >= 4 is 39.6 Å². The van der Waals surface area contributed by atoms with Crippen LogP contribution in [0.3, 0.4) is 0 Å². The van der Waals surface area contributed by atoms with Gasteiger partial charge in [0.15, 0.2) is 11.5 Å². The van der Waals surface area contributed by atoms with E-state index in [2.05, 4.69) is 26.0 Å². The predicted octanol–water partition coefficient (Wildman–Crippen LogP) is 1.64. The van der Waals surface area contributed by atoms with Crippen LogP contribution in [0.4, 0.5) is 0 Å². The van der Waals surface area contributed by atoms with Gasteiger partial charge in [0.05, 0.1) is 33.6 Å². The summed E-state index contributed by atoms with van der Waals surface area (Å²) in [5.74, 6) is -1.38. The summed E-state index contributed by atoms with van der Waals surface area (Å²) in [6.45, 7) is 0.784. The van der Waals surface area contributed by atoms with E-state index in [4.69, 9.17) is 14.2 Å². The second kappa shape index (κ2) is 20.1. The molecule has 0 unspecified atom stereocenters. The van der Waals surface area contributed by atoms with Crippen molar-refractivity contribution in [2.75, 3.05) is 46.7 Å². The van der Waals surface area contributed by atoms with Crippen LogP contribution in [0.1, 0.15) is 47.7 Å². The van der Waals surface area contributed by atoms with E-state index in [1.165, 1.54) is 32.1 Å². The number of rotatable bonds is 8. The Labute approximate surface area is 320 Å². The van der Waals surface area contributed by atoms with Crippen LogP contribution in [0.25, 0.3) is 0 Å². The number of hydrogen-bond donors (Lipinski definition) is 5. The molecule has 0 saturated heterocycles. The van der Waals surface area contributed by atoms with Gasteiger partial charge in [0, 0.05) is 36.8 Å². The molecule has 3 aromatic rings. The van der Waals surface area contributed by atoms with Crippen molar-refractivity contribution in [2.24, 2.45) is 0 Å². The first-order valence-corrected chi connectivity index (χ1v) is 19.6. The van der Waals surface area contributed by atoms with Gasteiger partial charge in [-0.2, -0.15) is 0 Å². The molecule has 2 atom stereocenters. The number of nitrogens with zero attached hydrogens (tertiary/aromatic N) is 1. The van der Waals surface area contributed by atoms with Crippen LogP contribution in [0.5, 0.6) is 23.0 Å². The Bertz CT molecular complexity index is 1940. The highest BCUT2D eigenvalue weighted by Crippen LogP contribution is 2.34. The molecule has 296 valence electrons. The quantitative estimate of drug-likeness (QED) is 0.209. The molecule has 5 rings (SSSR count). The number of fused-ring (bicyclic) bond motifs is 18. The van der Waals surface area contributed by atoms with E-state index in [1.807, 2.05) is 30.3 Å². The highest BCUT2D eigenvalue weighted by atomic mass is 32.2. The minimum Gasteiger partial charge on any atom is -0.496 e. The van der Waals surface area contributed by atoms with Crippen molar-refractivity contribution in [3.8, 4) is 23.0 Å². The van der Waals surface area contributed by atoms with Gasteiger partial charge in [-0.05, 0) is 68.5 Å². The van der Waals surface area contributed by atoms with Gasteiger partial charge in [-0.1, -0.05) is 30.3 Å². The lowest BCUT2D eigenvalue weighted by Gasteiger charge is -2.25. The second-order valence-corrected chi connectivity index (χ2v) is 14.7. The molecule has 0 fully saturated rings. The fraction of sp³-hybridized carbons (Fsp3) is 0.395. The number of nitrogens with one attached hydrogen (secondary N) is 5. The van der Waals surface area contributed by atoms with Crippen molar-refractivity contribution in [1.29, 1.82) is 0 Å². The van der Waals surface area contributed by atoms with E-state index >= 15 is 0 Å². The molecule has 4 bridgehead atoms. The van der Waals surface area contributed by atoms with E-state index in [1.54, 1.807) is 30.3 Å². The van der Waals surface area contributed by atoms with Gasteiger partial charge in [-0.15, -0.1) is 0 Å². The van der Waals surface area contributed by atoms with E-state index in [0.717, 1.165) is 11.8 Å².